The van der Waals surface area contributed by atoms with E-state index < -0.39 is 0 Å². The molecule has 0 radical (unpaired) electrons. The number of carbonyl (C=O) groups excluding carboxylic acids is 2. The molecule has 2 atom stereocenters. The molecule has 3 rings (SSSR count). The Morgan fingerprint density at radius 1 is 1.24 bits per heavy atom. The summed E-state index contributed by atoms with van der Waals surface area (Å²) in [4.78, 5) is 29.6. The zero-order valence-corrected chi connectivity index (χ0v) is 16.1. The third-order valence-corrected chi connectivity index (χ3v) is 6.52. The first-order valence-corrected chi connectivity index (χ1v) is 10.8. The normalized spacial score (nSPS) is 27.5. The van der Waals surface area contributed by atoms with E-state index in [0.29, 0.717) is 6.54 Å². The third kappa shape index (κ3) is 5.11. The van der Waals surface area contributed by atoms with E-state index in [1.54, 1.807) is 11.8 Å². The Balaban J connectivity index is 1.45. The lowest BCUT2D eigenvalue weighted by atomic mass is 10.2. The lowest BCUT2D eigenvalue weighted by molar-refractivity contribution is -0.140. The van der Waals surface area contributed by atoms with Gasteiger partial charge in [0.25, 0.3) is 0 Å². The molecule has 1 saturated carbocycles. The fourth-order valence-electron chi connectivity index (χ4n) is 3.53. The van der Waals surface area contributed by atoms with Crippen LogP contribution in [0, 0.1) is 5.92 Å². The molecule has 1 aliphatic carbocycles. The van der Waals surface area contributed by atoms with Gasteiger partial charge in [0.05, 0.1) is 18.6 Å². The van der Waals surface area contributed by atoms with Crippen LogP contribution >= 0.6 is 11.8 Å². The van der Waals surface area contributed by atoms with E-state index in [4.69, 9.17) is 4.74 Å². The minimum absolute atomic E-state index is 0.0297. The molecular formula is C18H31N3O3S. The fraction of sp³-hybridized carbons (Fsp3) is 0.889. The van der Waals surface area contributed by atoms with E-state index in [0.717, 1.165) is 70.7 Å². The van der Waals surface area contributed by atoms with Crippen molar-refractivity contribution in [3.63, 3.8) is 0 Å². The molecular weight excluding hydrogens is 338 g/mol. The molecule has 0 aromatic rings. The maximum Gasteiger partial charge on any atom is 0.243 e. The van der Waals surface area contributed by atoms with Crippen molar-refractivity contribution in [2.24, 2.45) is 5.92 Å². The van der Waals surface area contributed by atoms with E-state index in [9.17, 15) is 9.59 Å². The van der Waals surface area contributed by atoms with Gasteiger partial charge < -0.3 is 15.0 Å². The van der Waals surface area contributed by atoms with Crippen LogP contribution in [0.2, 0.25) is 0 Å². The summed E-state index contributed by atoms with van der Waals surface area (Å²) in [5.41, 5.74) is 0. The average molecular weight is 370 g/mol. The number of hydrogen-bond donors (Lipinski definition) is 1. The molecule has 25 heavy (non-hydrogen) atoms. The summed E-state index contributed by atoms with van der Waals surface area (Å²) in [5.74, 6) is 1.15. The molecule has 3 aliphatic rings. The molecule has 6 nitrogen and oxygen atoms in total. The van der Waals surface area contributed by atoms with E-state index in [2.05, 4.69) is 17.1 Å². The Morgan fingerprint density at radius 2 is 2.00 bits per heavy atom. The van der Waals surface area contributed by atoms with Gasteiger partial charge in [-0.2, -0.15) is 0 Å². The van der Waals surface area contributed by atoms with Crippen molar-refractivity contribution in [1.82, 2.24) is 15.1 Å². The zero-order chi connectivity index (χ0) is 17.6. The maximum absolute atomic E-state index is 12.7. The first-order chi connectivity index (χ1) is 12.2. The Kier molecular flexibility index (Phi) is 7.01. The van der Waals surface area contributed by atoms with Crippen molar-refractivity contribution < 1.29 is 14.3 Å². The maximum atomic E-state index is 12.7. The number of hydrogen-bond acceptors (Lipinski definition) is 5. The molecule has 0 bridgehead atoms. The van der Waals surface area contributed by atoms with Crippen LogP contribution < -0.4 is 5.32 Å². The second-order valence-corrected chi connectivity index (χ2v) is 8.42. The highest BCUT2D eigenvalue weighted by atomic mass is 32.2. The number of nitrogens with one attached hydrogen (secondary N) is 1. The number of ether oxygens (including phenoxy) is 1. The van der Waals surface area contributed by atoms with Gasteiger partial charge in [-0.1, -0.05) is 13.3 Å². The minimum Gasteiger partial charge on any atom is -0.379 e. The van der Waals surface area contributed by atoms with Crippen molar-refractivity contribution in [3.8, 4) is 0 Å². The number of morpholine rings is 1. The average Bonchev–Trinajstić information content (AvgIpc) is 3.40. The van der Waals surface area contributed by atoms with Gasteiger partial charge >= 0.3 is 0 Å². The molecule has 2 aliphatic heterocycles. The van der Waals surface area contributed by atoms with E-state index >= 15 is 0 Å². The van der Waals surface area contributed by atoms with Crippen molar-refractivity contribution in [3.05, 3.63) is 0 Å². The lowest BCUT2D eigenvalue weighted by Crippen LogP contribution is -2.50. The van der Waals surface area contributed by atoms with Gasteiger partial charge in [0.2, 0.25) is 11.8 Å². The fourth-order valence-corrected chi connectivity index (χ4v) is 5.06. The second-order valence-electron chi connectivity index (χ2n) is 7.21. The predicted octanol–water partition coefficient (Wildman–Crippen LogP) is 1.31. The standard InChI is InChI=1S/C18H31N3O3S/c1-2-4-16-21(18(23)14-5-6-14)15(13-25-16)17(22)19-7-3-8-20-9-11-24-12-10-20/h14-16H,2-13H2,1H3,(H,19,22). The highest BCUT2D eigenvalue weighted by molar-refractivity contribution is 8.00. The molecule has 0 aromatic heterocycles. The Morgan fingerprint density at radius 3 is 2.68 bits per heavy atom. The van der Waals surface area contributed by atoms with Gasteiger partial charge in [0.15, 0.2) is 0 Å². The monoisotopic (exact) mass is 369 g/mol. The van der Waals surface area contributed by atoms with E-state index in [-0.39, 0.29) is 29.1 Å². The first kappa shape index (κ1) is 19.0. The summed E-state index contributed by atoms with van der Waals surface area (Å²) in [6, 6.07) is -0.280. The molecule has 2 amide bonds. The molecule has 2 heterocycles. The number of amides is 2. The van der Waals surface area contributed by atoms with Gasteiger partial charge in [-0.05, 0) is 32.2 Å². The van der Waals surface area contributed by atoms with Crippen LogP contribution in [0.3, 0.4) is 0 Å². The quantitative estimate of drug-likeness (QED) is 0.654. The Bertz CT molecular complexity index is 466. The topological polar surface area (TPSA) is 61.9 Å². The molecule has 142 valence electrons. The molecule has 2 saturated heterocycles. The van der Waals surface area contributed by atoms with Crippen molar-refractivity contribution in [2.75, 3.05) is 45.1 Å². The smallest absolute Gasteiger partial charge is 0.243 e. The van der Waals surface area contributed by atoms with Crippen LogP contribution in [0.1, 0.15) is 39.0 Å². The van der Waals surface area contributed by atoms with Crippen LogP contribution in [0.25, 0.3) is 0 Å². The van der Waals surface area contributed by atoms with Gasteiger partial charge in [-0.3, -0.25) is 14.5 Å². The third-order valence-electron chi connectivity index (χ3n) is 5.17. The molecule has 7 heteroatoms. The molecule has 0 spiro atoms. The van der Waals surface area contributed by atoms with Gasteiger partial charge in [-0.15, -0.1) is 11.8 Å². The molecule has 0 aromatic carbocycles. The van der Waals surface area contributed by atoms with Crippen LogP contribution in [-0.4, -0.2) is 78.2 Å². The van der Waals surface area contributed by atoms with Crippen molar-refractivity contribution >= 4 is 23.6 Å². The Labute approximate surface area is 155 Å². The number of thioether (sulfide) groups is 1. The van der Waals surface area contributed by atoms with Gasteiger partial charge in [-0.25, -0.2) is 0 Å². The number of rotatable bonds is 8. The molecule has 1 N–H and O–H groups in total. The highest BCUT2D eigenvalue weighted by Gasteiger charge is 2.45. The molecule has 3 fully saturated rings. The lowest BCUT2D eigenvalue weighted by Gasteiger charge is -2.29. The highest BCUT2D eigenvalue weighted by Crippen LogP contribution is 2.39. The summed E-state index contributed by atoms with van der Waals surface area (Å²) in [6.07, 6.45) is 4.95. The largest absolute Gasteiger partial charge is 0.379 e. The second kappa shape index (κ2) is 9.24. The van der Waals surface area contributed by atoms with Gasteiger partial charge in [0, 0.05) is 31.3 Å². The number of nitrogens with zero attached hydrogens (tertiary/aromatic N) is 2. The van der Waals surface area contributed by atoms with Crippen molar-refractivity contribution in [1.29, 1.82) is 0 Å². The minimum atomic E-state index is -0.280. The number of carbonyl (C=O) groups is 2. The van der Waals surface area contributed by atoms with E-state index in [1.807, 2.05) is 4.90 Å². The van der Waals surface area contributed by atoms with Crippen LogP contribution in [0.15, 0.2) is 0 Å². The van der Waals surface area contributed by atoms with Crippen LogP contribution in [0.4, 0.5) is 0 Å². The summed E-state index contributed by atoms with van der Waals surface area (Å²) in [5, 5.41) is 3.25. The summed E-state index contributed by atoms with van der Waals surface area (Å²) >= 11 is 1.77. The van der Waals surface area contributed by atoms with Crippen LogP contribution in [-0.2, 0) is 14.3 Å². The van der Waals surface area contributed by atoms with Crippen LogP contribution in [0.5, 0.6) is 0 Å². The first-order valence-electron chi connectivity index (χ1n) is 9.72. The predicted molar refractivity (Wildman–Crippen MR) is 99.4 cm³/mol. The summed E-state index contributed by atoms with van der Waals surface area (Å²) in [6.45, 7) is 7.39. The SMILES string of the molecule is CCCC1SCC(C(=O)NCCCN2CCOCC2)N1C(=O)C1CC1. The summed E-state index contributed by atoms with van der Waals surface area (Å²) < 4.78 is 5.35. The van der Waals surface area contributed by atoms with Gasteiger partial charge in [0.1, 0.15) is 6.04 Å². The Hall–Kier alpha value is -0.790. The summed E-state index contributed by atoms with van der Waals surface area (Å²) in [7, 11) is 0. The van der Waals surface area contributed by atoms with E-state index in [1.165, 1.54) is 0 Å². The molecule has 2 unspecified atom stereocenters. The van der Waals surface area contributed by atoms with Crippen molar-refractivity contribution in [2.45, 2.75) is 50.4 Å². The zero-order valence-electron chi connectivity index (χ0n) is 15.2.